The first-order valence-electron chi connectivity index (χ1n) is 5.60. The molecule has 1 rings (SSSR count). The minimum Gasteiger partial charge on any atom is -0.349 e. The lowest BCUT2D eigenvalue weighted by atomic mass is 10.3. The normalized spacial score (nSPS) is 12.1. The summed E-state index contributed by atoms with van der Waals surface area (Å²) >= 11 is 1.73. The molecular weight excluding hydrogens is 218 g/mol. The Labute approximate surface area is 102 Å². The van der Waals surface area contributed by atoms with Crippen molar-refractivity contribution in [1.29, 1.82) is 0 Å². The lowest BCUT2D eigenvalue weighted by Gasteiger charge is -2.16. The largest absolute Gasteiger partial charge is 0.349 e. The Balaban J connectivity index is 2.55. The van der Waals surface area contributed by atoms with Crippen LogP contribution in [-0.4, -0.2) is 24.1 Å². The molecule has 0 aliphatic carbocycles. The van der Waals surface area contributed by atoms with Gasteiger partial charge in [-0.3, -0.25) is 5.32 Å². The molecule has 3 nitrogen and oxygen atoms in total. The van der Waals surface area contributed by atoms with Crippen LogP contribution in [0.4, 0.5) is 5.13 Å². The van der Waals surface area contributed by atoms with Crippen LogP contribution in [0.5, 0.6) is 0 Å². The fourth-order valence-electron chi connectivity index (χ4n) is 1.33. The zero-order valence-electron chi connectivity index (χ0n) is 10.2. The van der Waals surface area contributed by atoms with Gasteiger partial charge < -0.3 is 4.90 Å². The first-order chi connectivity index (χ1) is 7.71. The molecule has 0 aliphatic heterocycles. The van der Waals surface area contributed by atoms with Crippen LogP contribution < -0.4 is 10.2 Å². The second kappa shape index (κ2) is 6.51. The Morgan fingerprint density at radius 2 is 2.25 bits per heavy atom. The van der Waals surface area contributed by atoms with Crippen molar-refractivity contribution >= 4 is 16.5 Å². The molecule has 1 N–H and O–H groups in total. The van der Waals surface area contributed by atoms with E-state index in [0.29, 0.717) is 0 Å². The molecule has 0 amide bonds. The van der Waals surface area contributed by atoms with E-state index in [1.54, 1.807) is 11.3 Å². The van der Waals surface area contributed by atoms with E-state index in [0.717, 1.165) is 24.8 Å². The summed E-state index contributed by atoms with van der Waals surface area (Å²) in [6, 6.07) is 0.110. The van der Waals surface area contributed by atoms with Crippen molar-refractivity contribution in [2.45, 2.75) is 33.4 Å². The van der Waals surface area contributed by atoms with E-state index in [4.69, 9.17) is 6.42 Å². The van der Waals surface area contributed by atoms with Crippen molar-refractivity contribution in [3.05, 3.63) is 11.1 Å². The topological polar surface area (TPSA) is 28.2 Å². The van der Waals surface area contributed by atoms with E-state index in [1.807, 2.05) is 13.1 Å². The Kier molecular flexibility index (Phi) is 5.30. The Morgan fingerprint density at radius 3 is 2.81 bits per heavy atom. The van der Waals surface area contributed by atoms with Crippen molar-refractivity contribution in [1.82, 2.24) is 10.3 Å². The maximum absolute atomic E-state index is 5.30. The zero-order valence-corrected chi connectivity index (χ0v) is 11.0. The highest BCUT2D eigenvalue weighted by Crippen LogP contribution is 2.21. The van der Waals surface area contributed by atoms with Gasteiger partial charge in [-0.25, -0.2) is 4.98 Å². The molecule has 16 heavy (non-hydrogen) atoms. The van der Waals surface area contributed by atoms with E-state index in [1.165, 1.54) is 4.88 Å². The summed E-state index contributed by atoms with van der Waals surface area (Å²) in [7, 11) is 0. The van der Waals surface area contributed by atoms with Crippen molar-refractivity contribution in [2.24, 2.45) is 0 Å². The predicted molar refractivity (Wildman–Crippen MR) is 70.8 cm³/mol. The highest BCUT2D eigenvalue weighted by atomic mass is 32.1. The molecule has 0 aromatic carbocycles. The summed E-state index contributed by atoms with van der Waals surface area (Å²) in [6.07, 6.45) is 7.22. The van der Waals surface area contributed by atoms with Gasteiger partial charge >= 0.3 is 0 Å². The Morgan fingerprint density at radius 1 is 1.56 bits per heavy atom. The lowest BCUT2D eigenvalue weighted by molar-refractivity contribution is 0.653. The number of terminal acetylenes is 1. The third-order valence-corrected chi connectivity index (χ3v) is 3.47. The van der Waals surface area contributed by atoms with Gasteiger partial charge in [0.15, 0.2) is 5.13 Å². The third-order valence-electron chi connectivity index (χ3n) is 2.41. The highest BCUT2D eigenvalue weighted by Gasteiger charge is 2.07. The minimum absolute atomic E-state index is 0.110. The van der Waals surface area contributed by atoms with Gasteiger partial charge in [0.05, 0.1) is 6.04 Å². The molecule has 0 bridgehead atoms. The number of aromatic nitrogens is 1. The molecule has 1 aromatic rings. The molecule has 0 aliphatic rings. The summed E-state index contributed by atoms with van der Waals surface area (Å²) in [5.74, 6) is 2.65. The molecule has 0 radical (unpaired) electrons. The molecule has 1 unspecified atom stereocenters. The number of rotatable bonds is 6. The number of hydrogen-bond acceptors (Lipinski definition) is 4. The second-order valence-corrected chi connectivity index (χ2v) is 4.64. The number of nitrogens with zero attached hydrogens (tertiary/aromatic N) is 2. The number of nitrogens with one attached hydrogen (secondary N) is 1. The second-order valence-electron chi connectivity index (χ2n) is 3.55. The first-order valence-corrected chi connectivity index (χ1v) is 6.42. The Hall–Kier alpha value is -1.05. The van der Waals surface area contributed by atoms with Gasteiger partial charge in [0, 0.05) is 30.7 Å². The van der Waals surface area contributed by atoms with Gasteiger partial charge in [-0.2, -0.15) is 0 Å². The van der Waals surface area contributed by atoms with Crippen LogP contribution >= 0.6 is 11.3 Å². The van der Waals surface area contributed by atoms with Gasteiger partial charge in [-0.05, 0) is 20.8 Å². The third kappa shape index (κ3) is 3.51. The van der Waals surface area contributed by atoms with Gasteiger partial charge in [0.1, 0.15) is 0 Å². The molecule has 4 heteroatoms. The first kappa shape index (κ1) is 13.0. The van der Waals surface area contributed by atoms with Gasteiger partial charge in [-0.1, -0.05) is 5.92 Å². The summed E-state index contributed by atoms with van der Waals surface area (Å²) in [5, 5.41) is 4.35. The average molecular weight is 237 g/mol. The molecule has 88 valence electrons. The number of anilines is 1. The lowest BCUT2D eigenvalue weighted by Crippen LogP contribution is -2.23. The molecule has 0 spiro atoms. The van der Waals surface area contributed by atoms with E-state index in [2.05, 4.69) is 35.0 Å². The van der Waals surface area contributed by atoms with Gasteiger partial charge in [-0.15, -0.1) is 17.8 Å². The molecule has 1 heterocycles. The highest BCUT2D eigenvalue weighted by molar-refractivity contribution is 7.15. The number of thiazole rings is 1. The molecule has 1 aromatic heterocycles. The SMILES string of the molecule is C#CC(C)NCc1cnc(N(CC)CC)s1. The van der Waals surface area contributed by atoms with Crippen LogP contribution in [0.3, 0.4) is 0 Å². The molecular formula is C12H19N3S. The molecule has 0 saturated carbocycles. The van der Waals surface area contributed by atoms with Crippen molar-refractivity contribution in [3.63, 3.8) is 0 Å². The van der Waals surface area contributed by atoms with Crippen molar-refractivity contribution in [3.8, 4) is 12.3 Å². The molecule has 0 saturated heterocycles. The number of hydrogen-bond donors (Lipinski definition) is 1. The van der Waals surface area contributed by atoms with E-state index in [-0.39, 0.29) is 6.04 Å². The molecule has 0 fully saturated rings. The van der Waals surface area contributed by atoms with Crippen LogP contribution in [-0.2, 0) is 6.54 Å². The summed E-state index contributed by atoms with van der Waals surface area (Å²) in [5.41, 5.74) is 0. The summed E-state index contributed by atoms with van der Waals surface area (Å²) in [4.78, 5) is 7.89. The fraction of sp³-hybridized carbons (Fsp3) is 0.583. The fourth-order valence-corrected chi connectivity index (χ4v) is 2.32. The van der Waals surface area contributed by atoms with Crippen molar-refractivity contribution in [2.75, 3.05) is 18.0 Å². The van der Waals surface area contributed by atoms with Gasteiger partial charge in [0.25, 0.3) is 0 Å². The van der Waals surface area contributed by atoms with Crippen LogP contribution in [0.25, 0.3) is 0 Å². The maximum atomic E-state index is 5.30. The van der Waals surface area contributed by atoms with E-state index >= 15 is 0 Å². The van der Waals surface area contributed by atoms with Crippen LogP contribution in [0.15, 0.2) is 6.20 Å². The van der Waals surface area contributed by atoms with Crippen LogP contribution in [0.1, 0.15) is 25.6 Å². The quantitative estimate of drug-likeness (QED) is 0.768. The summed E-state index contributed by atoms with van der Waals surface area (Å²) < 4.78 is 0. The standard InChI is InChI=1S/C12H19N3S/c1-5-10(4)13-8-11-9-14-12(16-11)15(6-2)7-3/h1,9-10,13H,6-8H2,2-4H3. The Bertz CT molecular complexity index is 349. The van der Waals surface area contributed by atoms with Gasteiger partial charge in [0.2, 0.25) is 0 Å². The van der Waals surface area contributed by atoms with E-state index in [9.17, 15) is 0 Å². The average Bonchev–Trinajstić information content (AvgIpc) is 2.76. The smallest absolute Gasteiger partial charge is 0.185 e. The predicted octanol–water partition coefficient (Wildman–Crippen LogP) is 2.10. The summed E-state index contributed by atoms with van der Waals surface area (Å²) in [6.45, 7) is 9.05. The van der Waals surface area contributed by atoms with Crippen molar-refractivity contribution < 1.29 is 0 Å². The zero-order chi connectivity index (χ0) is 12.0. The minimum atomic E-state index is 0.110. The monoisotopic (exact) mass is 237 g/mol. The van der Waals surface area contributed by atoms with Crippen LogP contribution in [0, 0.1) is 12.3 Å². The maximum Gasteiger partial charge on any atom is 0.185 e. The van der Waals surface area contributed by atoms with Crippen LogP contribution in [0.2, 0.25) is 0 Å². The van der Waals surface area contributed by atoms with E-state index < -0.39 is 0 Å². The molecule has 1 atom stereocenters.